The Bertz CT molecular complexity index is 1350. The first-order valence-corrected chi connectivity index (χ1v) is 11.3. The van der Waals surface area contributed by atoms with E-state index in [-0.39, 0.29) is 6.42 Å². The van der Waals surface area contributed by atoms with Gasteiger partial charge in [-0.15, -0.1) is 22.7 Å². The smallest absolute Gasteiger partial charge is 0.307 e. The third-order valence-corrected chi connectivity index (χ3v) is 6.75. The van der Waals surface area contributed by atoms with E-state index in [1.54, 1.807) is 11.3 Å². The molecule has 0 amide bonds. The first-order chi connectivity index (χ1) is 15.2. The Kier molecular flexibility index (Phi) is 5.19. The van der Waals surface area contributed by atoms with Gasteiger partial charge in [0.05, 0.1) is 27.2 Å². The first kappa shape index (κ1) is 19.4. The molecule has 0 aliphatic carbocycles. The van der Waals surface area contributed by atoms with E-state index < -0.39 is 5.97 Å². The van der Waals surface area contributed by atoms with E-state index in [2.05, 4.69) is 4.98 Å². The van der Waals surface area contributed by atoms with Crippen molar-refractivity contribution in [2.45, 2.75) is 6.42 Å². The fourth-order valence-corrected chi connectivity index (χ4v) is 5.07. The number of thiophene rings is 1. The maximum Gasteiger partial charge on any atom is 0.307 e. The van der Waals surface area contributed by atoms with Gasteiger partial charge in [0.2, 0.25) is 0 Å². The summed E-state index contributed by atoms with van der Waals surface area (Å²) in [6.45, 7) is 0. The number of aromatic nitrogens is 3. The summed E-state index contributed by atoms with van der Waals surface area (Å²) in [7, 11) is 0. The van der Waals surface area contributed by atoms with Gasteiger partial charge in [0.25, 0.3) is 0 Å². The molecular formula is C24H17N3O2S2. The maximum atomic E-state index is 11.6. The number of thiazole rings is 1. The summed E-state index contributed by atoms with van der Waals surface area (Å²) in [5.74, 6) is -0.890. The fourth-order valence-electron chi connectivity index (χ4n) is 3.36. The standard InChI is InChI=1S/C24H17N3O2S2/c28-22(29)14-16(24-25-19-9-4-5-10-20(19)31-24)13-17-15-27(18-7-2-1-3-8-18)26-23(17)21-11-6-12-30-21/h1-13,15H,14H2,(H,28,29)/b16-13-. The van der Waals surface area contributed by atoms with Gasteiger partial charge < -0.3 is 5.11 Å². The Morgan fingerprint density at radius 2 is 1.84 bits per heavy atom. The van der Waals surface area contributed by atoms with Gasteiger partial charge in [-0.2, -0.15) is 5.10 Å². The molecule has 5 aromatic rings. The highest BCUT2D eigenvalue weighted by atomic mass is 32.1. The topological polar surface area (TPSA) is 68.0 Å². The minimum atomic E-state index is -0.890. The predicted octanol–water partition coefficient (Wildman–Crippen LogP) is 6.23. The second-order valence-corrected chi connectivity index (χ2v) is 8.90. The van der Waals surface area contributed by atoms with Crippen molar-refractivity contribution in [3.8, 4) is 16.3 Å². The number of nitrogens with zero attached hydrogens (tertiary/aromatic N) is 3. The number of benzene rings is 2. The van der Waals surface area contributed by atoms with Crippen molar-refractivity contribution in [1.29, 1.82) is 0 Å². The van der Waals surface area contributed by atoms with Gasteiger partial charge in [0.15, 0.2) is 0 Å². The number of hydrogen-bond donors (Lipinski definition) is 1. The third kappa shape index (κ3) is 4.05. The van der Waals surface area contributed by atoms with Crippen molar-refractivity contribution < 1.29 is 9.90 Å². The van der Waals surface area contributed by atoms with Crippen LogP contribution in [0.15, 0.2) is 78.3 Å². The highest BCUT2D eigenvalue weighted by Gasteiger charge is 2.17. The summed E-state index contributed by atoms with van der Waals surface area (Å²) in [5.41, 5.74) is 4.17. The Hall–Kier alpha value is -3.55. The van der Waals surface area contributed by atoms with Crippen molar-refractivity contribution in [3.05, 3.63) is 88.9 Å². The molecule has 0 fully saturated rings. The lowest BCUT2D eigenvalue weighted by Gasteiger charge is -2.01. The van der Waals surface area contributed by atoms with Gasteiger partial charge in [0, 0.05) is 11.8 Å². The molecule has 31 heavy (non-hydrogen) atoms. The van der Waals surface area contributed by atoms with Gasteiger partial charge in [-0.25, -0.2) is 9.67 Å². The number of carbonyl (C=O) groups is 1. The lowest BCUT2D eigenvalue weighted by atomic mass is 10.1. The molecule has 5 rings (SSSR count). The summed E-state index contributed by atoms with van der Waals surface area (Å²) in [5, 5.41) is 17.1. The molecule has 7 heteroatoms. The number of para-hydroxylation sites is 2. The van der Waals surface area contributed by atoms with E-state index in [1.165, 1.54) is 11.3 Å². The van der Waals surface area contributed by atoms with Crippen LogP contribution in [0.2, 0.25) is 0 Å². The molecule has 152 valence electrons. The molecule has 0 saturated heterocycles. The largest absolute Gasteiger partial charge is 0.481 e. The van der Waals surface area contributed by atoms with Gasteiger partial charge in [-0.3, -0.25) is 4.79 Å². The van der Waals surface area contributed by atoms with E-state index in [1.807, 2.05) is 89.1 Å². The van der Waals surface area contributed by atoms with E-state index in [4.69, 9.17) is 5.10 Å². The molecule has 1 N–H and O–H groups in total. The number of rotatable bonds is 6. The SMILES string of the molecule is O=C(O)C/C(=C/c1cn(-c2ccccc2)nc1-c1cccs1)c1nc2ccccc2s1. The van der Waals surface area contributed by atoms with Crippen LogP contribution in [0.5, 0.6) is 0 Å². The second-order valence-electron chi connectivity index (χ2n) is 6.92. The molecule has 0 spiro atoms. The summed E-state index contributed by atoms with van der Waals surface area (Å²) in [6.07, 6.45) is 3.74. The molecule has 0 aliphatic heterocycles. The van der Waals surface area contributed by atoms with Crippen molar-refractivity contribution in [1.82, 2.24) is 14.8 Å². The Morgan fingerprint density at radius 1 is 1.03 bits per heavy atom. The van der Waals surface area contributed by atoms with Crippen molar-refractivity contribution in [3.63, 3.8) is 0 Å². The zero-order chi connectivity index (χ0) is 21.2. The van der Waals surface area contributed by atoms with Crippen LogP contribution in [0.1, 0.15) is 17.0 Å². The van der Waals surface area contributed by atoms with E-state index >= 15 is 0 Å². The number of fused-ring (bicyclic) bond motifs is 1. The van der Waals surface area contributed by atoms with Crippen molar-refractivity contribution in [2.24, 2.45) is 0 Å². The molecule has 0 saturated carbocycles. The van der Waals surface area contributed by atoms with Gasteiger partial charge in [-0.05, 0) is 47.4 Å². The lowest BCUT2D eigenvalue weighted by molar-refractivity contribution is -0.135. The van der Waals surface area contributed by atoms with E-state index in [9.17, 15) is 9.90 Å². The summed E-state index contributed by atoms with van der Waals surface area (Å²) < 4.78 is 2.87. The predicted molar refractivity (Wildman–Crippen MR) is 127 cm³/mol. The number of carboxylic acid groups (broad SMARTS) is 1. The summed E-state index contributed by atoms with van der Waals surface area (Å²) in [4.78, 5) is 17.4. The Labute approximate surface area is 186 Å². The first-order valence-electron chi connectivity index (χ1n) is 9.64. The van der Waals surface area contributed by atoms with Crippen molar-refractivity contribution in [2.75, 3.05) is 0 Å². The average molecular weight is 444 g/mol. The average Bonchev–Trinajstić information content (AvgIpc) is 3.52. The molecule has 0 aliphatic rings. The third-order valence-electron chi connectivity index (χ3n) is 4.76. The van der Waals surface area contributed by atoms with Crippen LogP contribution in [0.4, 0.5) is 0 Å². The number of hydrogen-bond acceptors (Lipinski definition) is 5. The molecule has 3 heterocycles. The van der Waals surface area contributed by atoms with Gasteiger partial charge in [0.1, 0.15) is 10.7 Å². The highest BCUT2D eigenvalue weighted by molar-refractivity contribution is 7.19. The molecular weight excluding hydrogens is 426 g/mol. The molecule has 0 radical (unpaired) electrons. The van der Waals surface area contributed by atoms with Crippen molar-refractivity contribution >= 4 is 50.5 Å². The van der Waals surface area contributed by atoms with Crippen LogP contribution in [0.25, 0.3) is 38.1 Å². The van der Waals surface area contributed by atoms with Crippen LogP contribution in [0, 0.1) is 0 Å². The van der Waals surface area contributed by atoms with E-state index in [0.717, 1.165) is 32.0 Å². The summed E-state index contributed by atoms with van der Waals surface area (Å²) in [6, 6.07) is 21.7. The fraction of sp³-hybridized carbons (Fsp3) is 0.0417. The van der Waals surface area contributed by atoms with Crippen LogP contribution in [-0.4, -0.2) is 25.8 Å². The Balaban J connectivity index is 1.66. The van der Waals surface area contributed by atoms with Gasteiger partial charge >= 0.3 is 5.97 Å². The molecule has 0 bridgehead atoms. The van der Waals surface area contributed by atoms with E-state index in [0.29, 0.717) is 10.6 Å². The molecule has 0 atom stereocenters. The van der Waals surface area contributed by atoms with Gasteiger partial charge in [-0.1, -0.05) is 36.4 Å². The quantitative estimate of drug-likeness (QED) is 0.338. The van der Waals surface area contributed by atoms with Crippen LogP contribution in [-0.2, 0) is 4.79 Å². The monoisotopic (exact) mass is 443 g/mol. The summed E-state index contributed by atoms with van der Waals surface area (Å²) >= 11 is 3.11. The molecule has 5 nitrogen and oxygen atoms in total. The zero-order valence-electron chi connectivity index (χ0n) is 16.3. The lowest BCUT2D eigenvalue weighted by Crippen LogP contribution is -1.97. The molecule has 0 unspecified atom stereocenters. The number of aliphatic carboxylic acids is 1. The normalized spacial score (nSPS) is 11.8. The van der Waals surface area contributed by atoms with Crippen LogP contribution < -0.4 is 0 Å². The zero-order valence-corrected chi connectivity index (χ0v) is 17.9. The molecule has 2 aromatic carbocycles. The number of carboxylic acids is 1. The maximum absolute atomic E-state index is 11.6. The van der Waals surface area contributed by atoms with Crippen LogP contribution in [0.3, 0.4) is 0 Å². The second kappa shape index (κ2) is 8.29. The molecule has 3 aromatic heterocycles. The minimum Gasteiger partial charge on any atom is -0.481 e. The highest BCUT2D eigenvalue weighted by Crippen LogP contribution is 2.34. The minimum absolute atomic E-state index is 0.111. The Morgan fingerprint density at radius 3 is 2.58 bits per heavy atom. The van der Waals surface area contributed by atoms with Crippen LogP contribution >= 0.6 is 22.7 Å².